The minimum absolute atomic E-state index is 0.717. The topological polar surface area (TPSA) is 17.1 Å². The predicted octanol–water partition coefficient (Wildman–Crippen LogP) is 2.81. The summed E-state index contributed by atoms with van der Waals surface area (Å²) in [5, 5.41) is 1.43. The van der Waals surface area contributed by atoms with Crippen LogP contribution < -0.4 is 0 Å². The fourth-order valence-electron chi connectivity index (χ4n) is 0.430. The van der Waals surface area contributed by atoms with Crippen molar-refractivity contribution >= 4 is 30.0 Å². The van der Waals surface area contributed by atoms with Crippen LogP contribution in [0.5, 0.6) is 0 Å². The third-order valence-electron chi connectivity index (χ3n) is 0.804. The molecule has 1 nitrogen and oxygen atoms in total. The fourth-order valence-corrected chi connectivity index (χ4v) is 0.682. The van der Waals surface area contributed by atoms with Crippen molar-refractivity contribution in [1.82, 2.24) is 0 Å². The van der Waals surface area contributed by atoms with Crippen LogP contribution in [0.2, 0.25) is 10.0 Å². The van der Waals surface area contributed by atoms with Crippen molar-refractivity contribution in [1.29, 1.82) is 0 Å². The van der Waals surface area contributed by atoms with Gasteiger partial charge in [0.25, 0.3) is 0 Å². The van der Waals surface area contributed by atoms with Gasteiger partial charge < -0.3 is 4.79 Å². The first-order chi connectivity index (χ1) is 4.79. The first-order valence-corrected chi connectivity index (χ1v) is 3.24. The van der Waals surface area contributed by atoms with Crippen LogP contribution in [0.4, 0.5) is 0 Å². The van der Waals surface area contributed by atoms with Gasteiger partial charge in [-0.2, -0.15) is 0 Å². The summed E-state index contributed by atoms with van der Waals surface area (Å²) < 4.78 is 0. The molecule has 1 aromatic carbocycles. The number of carbonyl (C=O) groups is 1. The van der Waals surface area contributed by atoms with E-state index < -0.39 is 0 Å². The number of benzene rings is 1. The Hall–Kier alpha value is -0.530. The van der Waals surface area contributed by atoms with Crippen LogP contribution in [0.1, 0.15) is 0 Å². The highest BCUT2D eigenvalue weighted by Crippen LogP contribution is 2.12. The summed E-state index contributed by atoms with van der Waals surface area (Å²) in [4.78, 5) is 8.00. The van der Waals surface area contributed by atoms with Gasteiger partial charge in [0.05, 0.1) is 0 Å². The quantitative estimate of drug-likeness (QED) is 0.595. The average Bonchev–Trinajstić information content (AvgIpc) is 2.00. The number of hydrogen-bond donors (Lipinski definition) is 0. The molecule has 10 heavy (non-hydrogen) atoms. The maximum Gasteiger partial charge on any atom is 0.106 e. The van der Waals surface area contributed by atoms with E-state index in [-0.39, 0.29) is 0 Å². The van der Waals surface area contributed by atoms with E-state index in [4.69, 9.17) is 28.0 Å². The number of rotatable bonds is 0. The van der Waals surface area contributed by atoms with E-state index in [1.165, 1.54) is 0 Å². The molecule has 0 heterocycles. The predicted molar refractivity (Wildman–Crippen MR) is 43.6 cm³/mol. The Kier molecular flexibility index (Phi) is 4.99. The molecular weight excluding hydrogens is 171 g/mol. The molecule has 0 atom stereocenters. The van der Waals surface area contributed by atoms with Gasteiger partial charge in [0, 0.05) is 10.0 Å². The van der Waals surface area contributed by atoms with Crippen molar-refractivity contribution in [3.8, 4) is 0 Å². The van der Waals surface area contributed by atoms with Crippen molar-refractivity contribution in [3.05, 3.63) is 34.3 Å². The molecule has 0 radical (unpaired) electrons. The smallest absolute Gasteiger partial charge is 0.106 e. The Morgan fingerprint density at radius 3 is 1.30 bits per heavy atom. The summed E-state index contributed by atoms with van der Waals surface area (Å²) in [6, 6.07) is 7.02. The summed E-state index contributed by atoms with van der Waals surface area (Å²) in [6.07, 6.45) is 0. The molecular formula is C7H6Cl2O. The van der Waals surface area contributed by atoms with Gasteiger partial charge in [0.15, 0.2) is 0 Å². The highest BCUT2D eigenvalue weighted by atomic mass is 35.5. The number of halogens is 2. The lowest BCUT2D eigenvalue weighted by atomic mass is 10.4. The zero-order chi connectivity index (χ0) is 7.98. The third-order valence-corrected chi connectivity index (χ3v) is 1.31. The Morgan fingerprint density at radius 1 is 0.900 bits per heavy atom. The normalized spacial score (nSPS) is 7.80. The minimum atomic E-state index is 0.717. The second kappa shape index (κ2) is 5.27. The Morgan fingerprint density at radius 2 is 1.10 bits per heavy atom. The first kappa shape index (κ1) is 9.47. The van der Waals surface area contributed by atoms with Crippen molar-refractivity contribution in [2.45, 2.75) is 0 Å². The molecule has 0 aliphatic heterocycles. The van der Waals surface area contributed by atoms with Gasteiger partial charge in [0.2, 0.25) is 0 Å². The van der Waals surface area contributed by atoms with E-state index in [0.29, 0.717) is 0 Å². The van der Waals surface area contributed by atoms with E-state index in [2.05, 4.69) is 0 Å². The molecule has 1 rings (SSSR count). The molecule has 0 unspecified atom stereocenters. The van der Waals surface area contributed by atoms with Crippen LogP contribution in [0, 0.1) is 0 Å². The van der Waals surface area contributed by atoms with E-state index >= 15 is 0 Å². The fraction of sp³-hybridized carbons (Fsp3) is 0. The van der Waals surface area contributed by atoms with Crippen LogP contribution in [-0.4, -0.2) is 6.79 Å². The molecule has 0 fully saturated rings. The van der Waals surface area contributed by atoms with E-state index in [1.54, 1.807) is 24.3 Å². The lowest BCUT2D eigenvalue weighted by Gasteiger charge is -1.86. The van der Waals surface area contributed by atoms with E-state index in [0.717, 1.165) is 10.0 Å². The molecule has 1 aromatic rings. The van der Waals surface area contributed by atoms with Crippen LogP contribution >= 0.6 is 23.2 Å². The van der Waals surface area contributed by atoms with Gasteiger partial charge in [-0.3, -0.25) is 0 Å². The lowest BCUT2D eigenvalue weighted by molar-refractivity contribution is -0.0979. The second-order valence-electron chi connectivity index (χ2n) is 1.44. The Bertz CT molecular complexity index is 162. The molecule has 3 heteroatoms. The molecule has 0 saturated carbocycles. The minimum Gasteiger partial charge on any atom is -0.307 e. The number of carbonyl (C=O) groups excluding carboxylic acids is 1. The summed E-state index contributed by atoms with van der Waals surface area (Å²) in [7, 11) is 0. The van der Waals surface area contributed by atoms with Crippen molar-refractivity contribution in [2.24, 2.45) is 0 Å². The van der Waals surface area contributed by atoms with Gasteiger partial charge >= 0.3 is 0 Å². The Balaban J connectivity index is 0.000000371. The van der Waals surface area contributed by atoms with E-state index in [1.807, 2.05) is 6.79 Å². The zero-order valence-corrected chi connectivity index (χ0v) is 6.69. The molecule has 0 bridgehead atoms. The SMILES string of the molecule is C=O.Clc1ccc(Cl)cc1. The van der Waals surface area contributed by atoms with Gasteiger partial charge in [-0.05, 0) is 24.3 Å². The zero-order valence-electron chi connectivity index (χ0n) is 5.18. The number of hydrogen-bond acceptors (Lipinski definition) is 1. The van der Waals surface area contributed by atoms with Crippen LogP contribution in [0.25, 0.3) is 0 Å². The maximum atomic E-state index is 8.00. The molecule has 0 N–H and O–H groups in total. The summed E-state index contributed by atoms with van der Waals surface area (Å²) >= 11 is 11.1. The van der Waals surface area contributed by atoms with Gasteiger partial charge in [-0.1, -0.05) is 23.2 Å². The van der Waals surface area contributed by atoms with Crippen LogP contribution in [0.15, 0.2) is 24.3 Å². The molecule has 0 aliphatic rings. The summed E-state index contributed by atoms with van der Waals surface area (Å²) in [5.74, 6) is 0. The largest absolute Gasteiger partial charge is 0.307 e. The molecule has 0 aliphatic carbocycles. The highest BCUT2D eigenvalue weighted by molar-refractivity contribution is 6.32. The summed E-state index contributed by atoms with van der Waals surface area (Å²) in [5.41, 5.74) is 0. The summed E-state index contributed by atoms with van der Waals surface area (Å²) in [6.45, 7) is 2.00. The maximum absolute atomic E-state index is 8.00. The molecule has 0 spiro atoms. The van der Waals surface area contributed by atoms with E-state index in [9.17, 15) is 0 Å². The monoisotopic (exact) mass is 176 g/mol. The second-order valence-corrected chi connectivity index (χ2v) is 2.31. The molecule has 0 saturated heterocycles. The molecule has 54 valence electrons. The van der Waals surface area contributed by atoms with Crippen molar-refractivity contribution in [3.63, 3.8) is 0 Å². The van der Waals surface area contributed by atoms with Crippen molar-refractivity contribution in [2.75, 3.05) is 0 Å². The van der Waals surface area contributed by atoms with Gasteiger partial charge in [-0.25, -0.2) is 0 Å². The van der Waals surface area contributed by atoms with Gasteiger partial charge in [0.1, 0.15) is 6.79 Å². The highest BCUT2D eigenvalue weighted by Gasteiger charge is 1.83. The molecule has 0 aromatic heterocycles. The van der Waals surface area contributed by atoms with Gasteiger partial charge in [-0.15, -0.1) is 0 Å². The standard InChI is InChI=1S/C6H4Cl2.CH2O/c7-5-1-2-6(8)4-3-5;1-2/h1-4H;1H2. The van der Waals surface area contributed by atoms with Crippen LogP contribution in [0.3, 0.4) is 0 Å². The molecule has 0 amide bonds. The van der Waals surface area contributed by atoms with Crippen LogP contribution in [-0.2, 0) is 4.79 Å². The Labute approximate surface area is 69.6 Å². The lowest BCUT2D eigenvalue weighted by Crippen LogP contribution is -1.60. The average molecular weight is 177 g/mol. The first-order valence-electron chi connectivity index (χ1n) is 2.49. The van der Waals surface area contributed by atoms with Crippen molar-refractivity contribution < 1.29 is 4.79 Å². The third kappa shape index (κ3) is 3.49.